The standard InChI is InChI=1S/C24H26FN3O.ClH/c25-21-9-8-19-14-18(6-7-20(19)15-21)16-27-12-10-24(11-13-27)23(29)26-17-28(24)22-4-2-1-3-5-22;/h1-5,8-9,14-15H,6-7,10-13,16-17H2,(H,26,29);1H. The number of rotatable bonds is 3. The fraction of sp³-hybridized carbons (Fsp3) is 0.375. The third-order valence-electron chi connectivity index (χ3n) is 6.69. The molecule has 4 nitrogen and oxygen atoms in total. The summed E-state index contributed by atoms with van der Waals surface area (Å²) >= 11 is 0. The van der Waals surface area contributed by atoms with E-state index in [0.717, 1.165) is 62.1 Å². The number of piperidine rings is 1. The number of carbonyl (C=O) groups excluding carboxylic acids is 1. The number of likely N-dealkylation sites (tertiary alicyclic amines) is 1. The van der Waals surface area contributed by atoms with Gasteiger partial charge in [0.15, 0.2) is 0 Å². The van der Waals surface area contributed by atoms with Crippen LogP contribution in [0.3, 0.4) is 0 Å². The van der Waals surface area contributed by atoms with Crippen molar-refractivity contribution in [2.45, 2.75) is 31.2 Å². The van der Waals surface area contributed by atoms with Gasteiger partial charge in [0.25, 0.3) is 0 Å². The summed E-state index contributed by atoms with van der Waals surface area (Å²) in [6.07, 6.45) is 5.78. The molecule has 0 saturated carbocycles. The maximum atomic E-state index is 13.4. The first kappa shape index (κ1) is 20.9. The van der Waals surface area contributed by atoms with Crippen LogP contribution in [0.1, 0.15) is 30.4 Å². The van der Waals surface area contributed by atoms with Crippen molar-refractivity contribution in [3.8, 4) is 0 Å². The SMILES string of the molecule is Cl.O=C1NCN(c2ccccc2)C12CCN(CC1=Cc3ccc(F)cc3CC1)CC2. The smallest absolute Gasteiger partial charge is 0.247 e. The summed E-state index contributed by atoms with van der Waals surface area (Å²) in [6.45, 7) is 3.33. The van der Waals surface area contributed by atoms with Crippen molar-refractivity contribution in [2.75, 3.05) is 31.2 Å². The minimum atomic E-state index is -0.428. The van der Waals surface area contributed by atoms with E-state index in [1.165, 1.54) is 5.57 Å². The molecule has 2 aromatic rings. The zero-order chi connectivity index (χ0) is 19.8. The Labute approximate surface area is 183 Å². The molecule has 0 atom stereocenters. The van der Waals surface area contributed by atoms with Crippen LogP contribution in [0.4, 0.5) is 10.1 Å². The van der Waals surface area contributed by atoms with Gasteiger partial charge in [0.1, 0.15) is 11.4 Å². The van der Waals surface area contributed by atoms with E-state index in [-0.39, 0.29) is 24.1 Å². The first-order valence-electron chi connectivity index (χ1n) is 10.5. The number of nitrogens with one attached hydrogen (secondary N) is 1. The zero-order valence-corrected chi connectivity index (χ0v) is 17.8. The quantitative estimate of drug-likeness (QED) is 0.804. The van der Waals surface area contributed by atoms with E-state index in [9.17, 15) is 9.18 Å². The van der Waals surface area contributed by atoms with Gasteiger partial charge in [0.05, 0.1) is 6.67 Å². The first-order chi connectivity index (χ1) is 14.1. The summed E-state index contributed by atoms with van der Waals surface area (Å²) in [7, 11) is 0. The first-order valence-corrected chi connectivity index (χ1v) is 10.5. The third-order valence-corrected chi connectivity index (χ3v) is 6.69. The second-order valence-corrected chi connectivity index (χ2v) is 8.38. The Morgan fingerprint density at radius 2 is 1.80 bits per heavy atom. The topological polar surface area (TPSA) is 35.6 Å². The maximum absolute atomic E-state index is 13.4. The van der Waals surface area contributed by atoms with Crippen LogP contribution in [-0.4, -0.2) is 42.6 Å². The van der Waals surface area contributed by atoms with Crippen molar-refractivity contribution in [1.29, 1.82) is 0 Å². The number of aryl methyl sites for hydroxylation is 1. The molecule has 6 heteroatoms. The van der Waals surface area contributed by atoms with Gasteiger partial charge in [-0.25, -0.2) is 4.39 Å². The molecule has 0 radical (unpaired) electrons. The number of carbonyl (C=O) groups is 1. The van der Waals surface area contributed by atoms with Crippen molar-refractivity contribution >= 4 is 30.1 Å². The molecular weight excluding hydrogens is 401 g/mol. The van der Waals surface area contributed by atoms with Gasteiger partial charge >= 0.3 is 0 Å². The van der Waals surface area contributed by atoms with E-state index < -0.39 is 5.54 Å². The summed E-state index contributed by atoms with van der Waals surface area (Å²) in [6, 6.07) is 15.3. The molecule has 1 N–H and O–H groups in total. The van der Waals surface area contributed by atoms with E-state index in [2.05, 4.69) is 33.3 Å². The molecule has 1 aliphatic carbocycles. The average Bonchev–Trinajstić information content (AvgIpc) is 3.06. The number of nitrogens with zero attached hydrogens (tertiary/aromatic N) is 2. The third kappa shape index (κ3) is 3.72. The molecule has 0 aromatic heterocycles. The van der Waals surface area contributed by atoms with Crippen LogP contribution in [0.15, 0.2) is 54.1 Å². The van der Waals surface area contributed by atoms with Crippen LogP contribution in [0.25, 0.3) is 6.08 Å². The highest BCUT2D eigenvalue weighted by atomic mass is 35.5. The molecule has 2 heterocycles. The normalized spacial score (nSPS) is 20.4. The van der Waals surface area contributed by atoms with E-state index in [1.54, 1.807) is 12.1 Å². The Morgan fingerprint density at radius 3 is 2.57 bits per heavy atom. The van der Waals surface area contributed by atoms with Gasteiger partial charge in [0, 0.05) is 25.3 Å². The predicted octanol–water partition coefficient (Wildman–Crippen LogP) is 4.01. The van der Waals surface area contributed by atoms with E-state index in [0.29, 0.717) is 6.67 Å². The Bertz CT molecular complexity index is 954. The van der Waals surface area contributed by atoms with Crippen molar-refractivity contribution in [3.05, 3.63) is 71.0 Å². The van der Waals surface area contributed by atoms with Crippen LogP contribution >= 0.6 is 12.4 Å². The van der Waals surface area contributed by atoms with Crippen molar-refractivity contribution in [2.24, 2.45) is 0 Å². The van der Waals surface area contributed by atoms with Crippen LogP contribution in [0, 0.1) is 5.82 Å². The number of fused-ring (bicyclic) bond motifs is 1. The monoisotopic (exact) mass is 427 g/mol. The fourth-order valence-corrected chi connectivity index (χ4v) is 5.04. The zero-order valence-electron chi connectivity index (χ0n) is 16.9. The van der Waals surface area contributed by atoms with E-state index >= 15 is 0 Å². The van der Waals surface area contributed by atoms with Crippen LogP contribution in [0.5, 0.6) is 0 Å². The number of hydrogen-bond donors (Lipinski definition) is 1. The summed E-state index contributed by atoms with van der Waals surface area (Å²) in [4.78, 5) is 17.5. The molecule has 0 unspecified atom stereocenters. The fourth-order valence-electron chi connectivity index (χ4n) is 5.04. The molecule has 2 saturated heterocycles. The van der Waals surface area contributed by atoms with Crippen molar-refractivity contribution in [3.63, 3.8) is 0 Å². The molecular formula is C24H27ClFN3O. The second kappa shape index (κ2) is 8.40. The highest BCUT2D eigenvalue weighted by Crippen LogP contribution is 2.36. The molecule has 0 bridgehead atoms. The lowest BCUT2D eigenvalue weighted by atomic mass is 9.85. The van der Waals surface area contributed by atoms with E-state index in [1.807, 2.05) is 24.3 Å². The summed E-state index contributed by atoms with van der Waals surface area (Å²) in [5.74, 6) is 0.00794. The molecule has 2 fully saturated rings. The summed E-state index contributed by atoms with van der Waals surface area (Å²) in [5.41, 5.74) is 4.33. The average molecular weight is 428 g/mol. The van der Waals surface area contributed by atoms with Gasteiger partial charge in [-0.3, -0.25) is 9.69 Å². The van der Waals surface area contributed by atoms with Gasteiger partial charge < -0.3 is 10.2 Å². The van der Waals surface area contributed by atoms with Crippen LogP contribution in [-0.2, 0) is 11.2 Å². The summed E-state index contributed by atoms with van der Waals surface area (Å²) < 4.78 is 13.4. The van der Waals surface area contributed by atoms with Crippen LogP contribution < -0.4 is 10.2 Å². The summed E-state index contributed by atoms with van der Waals surface area (Å²) in [5, 5.41) is 3.07. The van der Waals surface area contributed by atoms with Gasteiger partial charge in [-0.1, -0.05) is 35.9 Å². The van der Waals surface area contributed by atoms with Gasteiger partial charge in [-0.05, 0) is 61.1 Å². The number of benzene rings is 2. The lowest BCUT2D eigenvalue weighted by Gasteiger charge is -2.43. The molecule has 5 rings (SSSR count). The minimum Gasteiger partial charge on any atom is -0.339 e. The molecule has 1 amide bonds. The number of hydrogen-bond acceptors (Lipinski definition) is 3. The van der Waals surface area contributed by atoms with Gasteiger partial charge in [-0.2, -0.15) is 0 Å². The number of halogens is 2. The number of amides is 1. The van der Waals surface area contributed by atoms with E-state index in [4.69, 9.17) is 0 Å². The van der Waals surface area contributed by atoms with Gasteiger partial charge in [0.2, 0.25) is 5.91 Å². The highest BCUT2D eigenvalue weighted by molar-refractivity contribution is 5.93. The largest absolute Gasteiger partial charge is 0.339 e. The van der Waals surface area contributed by atoms with Gasteiger partial charge in [-0.15, -0.1) is 12.4 Å². The Kier molecular flexibility index (Phi) is 5.85. The Morgan fingerprint density at radius 1 is 1.03 bits per heavy atom. The van der Waals surface area contributed by atoms with Crippen LogP contribution in [0.2, 0.25) is 0 Å². The molecule has 2 aliphatic heterocycles. The number of para-hydroxylation sites is 1. The molecule has 2 aromatic carbocycles. The molecule has 3 aliphatic rings. The lowest BCUT2D eigenvalue weighted by Crippen LogP contribution is -2.56. The maximum Gasteiger partial charge on any atom is 0.247 e. The predicted molar refractivity (Wildman–Crippen MR) is 120 cm³/mol. The highest BCUT2D eigenvalue weighted by Gasteiger charge is 2.50. The number of anilines is 1. The van der Waals surface area contributed by atoms with Crippen molar-refractivity contribution in [1.82, 2.24) is 10.2 Å². The van der Waals surface area contributed by atoms with Crippen molar-refractivity contribution < 1.29 is 9.18 Å². The molecule has 158 valence electrons. The minimum absolute atomic E-state index is 0. The molecule has 30 heavy (non-hydrogen) atoms. The second-order valence-electron chi connectivity index (χ2n) is 8.38. The molecule has 1 spiro atoms. The Hall–Kier alpha value is -2.37. The lowest BCUT2D eigenvalue weighted by molar-refractivity contribution is -0.125. The Balaban J connectivity index is 0.00000218.